The van der Waals surface area contributed by atoms with Gasteiger partial charge in [-0.05, 0) is 112 Å². The number of aliphatic hydroxyl groups excluding tert-OH is 1. The molecule has 5 aromatic carbocycles. The average Bonchev–Trinajstić information content (AvgIpc) is 4.24. The number of nitrogens with zero attached hydrogens (tertiary/aromatic N) is 3. The second-order valence-electron chi connectivity index (χ2n) is 19.4. The number of nitrogens with one attached hydrogen (secondary N) is 1. The summed E-state index contributed by atoms with van der Waals surface area (Å²) in [5.41, 5.74) is 3.93. The van der Waals surface area contributed by atoms with E-state index in [1.54, 1.807) is 28.0 Å². The van der Waals surface area contributed by atoms with E-state index < -0.39 is 77.5 Å². The topological polar surface area (TPSA) is 173 Å². The van der Waals surface area contributed by atoms with E-state index in [1.807, 2.05) is 103 Å². The maximum Gasteiger partial charge on any atom is 0.325 e. The van der Waals surface area contributed by atoms with Crippen molar-refractivity contribution >= 4 is 58.0 Å². The number of rotatable bonds is 15. The average molecular weight is 1100 g/mol. The van der Waals surface area contributed by atoms with Crippen molar-refractivity contribution in [1.82, 2.24) is 14.7 Å². The van der Waals surface area contributed by atoms with E-state index in [4.69, 9.17) is 23.7 Å². The van der Waals surface area contributed by atoms with Gasteiger partial charge in [0.1, 0.15) is 62.2 Å². The maximum atomic E-state index is 14.9. The summed E-state index contributed by atoms with van der Waals surface area (Å²) >= 11 is 2.29. The fraction of sp³-hybridized carbons (Fsp3) is 0.351. The second-order valence-corrected chi connectivity index (χ2v) is 20.6. The van der Waals surface area contributed by atoms with Crippen molar-refractivity contribution < 1.29 is 52.8 Å². The fourth-order valence-corrected chi connectivity index (χ4v) is 13.1. The molecular formula is C57H55IN4O11. The van der Waals surface area contributed by atoms with Gasteiger partial charge >= 0.3 is 17.9 Å². The lowest BCUT2D eigenvalue weighted by atomic mass is 9.66. The van der Waals surface area contributed by atoms with Crippen LogP contribution in [-0.4, -0.2) is 114 Å². The Morgan fingerprint density at radius 2 is 1.49 bits per heavy atom. The summed E-state index contributed by atoms with van der Waals surface area (Å²) in [6.45, 7) is 4.39. The number of fused-ring (bicyclic) bond motifs is 5. The molecular weight excluding hydrogens is 1040 g/mol. The van der Waals surface area contributed by atoms with Gasteiger partial charge in [0.2, 0.25) is 11.8 Å². The lowest BCUT2D eigenvalue weighted by Crippen LogP contribution is -2.60. The van der Waals surface area contributed by atoms with E-state index in [2.05, 4.69) is 45.5 Å². The summed E-state index contributed by atoms with van der Waals surface area (Å²) in [7, 11) is 0. The van der Waals surface area contributed by atoms with Gasteiger partial charge in [0.05, 0.1) is 30.5 Å². The lowest BCUT2D eigenvalue weighted by molar-refractivity contribution is -0.180. The van der Waals surface area contributed by atoms with E-state index in [1.165, 1.54) is 6.08 Å². The molecule has 0 bridgehead atoms. The van der Waals surface area contributed by atoms with E-state index in [9.17, 15) is 29.1 Å². The highest BCUT2D eigenvalue weighted by molar-refractivity contribution is 14.1. The molecule has 5 aromatic rings. The summed E-state index contributed by atoms with van der Waals surface area (Å²) in [5.74, 6) is -2.79. The molecule has 2 N–H and O–H groups in total. The third-order valence-corrected chi connectivity index (χ3v) is 16.2. The van der Waals surface area contributed by atoms with Gasteiger partial charge in [-0.15, -0.1) is 0 Å². The van der Waals surface area contributed by atoms with Crippen molar-refractivity contribution in [3.05, 3.63) is 171 Å². The van der Waals surface area contributed by atoms with Crippen LogP contribution in [0.25, 0.3) is 0 Å². The first kappa shape index (κ1) is 48.5. The molecule has 6 heterocycles. The van der Waals surface area contributed by atoms with Crippen LogP contribution in [0.2, 0.25) is 0 Å². The van der Waals surface area contributed by atoms with Crippen molar-refractivity contribution in [3.8, 4) is 11.5 Å². The molecule has 5 fully saturated rings. The van der Waals surface area contributed by atoms with Gasteiger partial charge in [-0.25, -0.2) is 0 Å². The molecule has 15 nitrogen and oxygen atoms in total. The number of amides is 2. The number of piperazine rings is 1. The van der Waals surface area contributed by atoms with Crippen LogP contribution in [-0.2, 0) is 43.6 Å². The number of halogens is 1. The van der Waals surface area contributed by atoms with E-state index >= 15 is 0 Å². The number of cyclic esters (lactones) is 1. The third-order valence-electron chi connectivity index (χ3n) is 15.5. The molecule has 6 aliphatic rings. The zero-order chi connectivity index (χ0) is 50.4. The molecule has 1 spiro atoms. The second kappa shape index (κ2) is 20.3. The van der Waals surface area contributed by atoms with Gasteiger partial charge < -0.3 is 43.9 Å². The third kappa shape index (κ3) is 8.50. The summed E-state index contributed by atoms with van der Waals surface area (Å²) in [6, 6.07) is 36.2. The smallest absolute Gasteiger partial charge is 0.325 e. The van der Waals surface area contributed by atoms with Crippen LogP contribution >= 0.6 is 22.6 Å². The minimum atomic E-state index is -1.04. The number of carbonyl (C=O) groups excluding carboxylic acids is 5. The Labute approximate surface area is 436 Å². The largest absolute Gasteiger partial charge is 0.491 e. The highest BCUT2D eigenvalue weighted by atomic mass is 127. The minimum Gasteiger partial charge on any atom is -0.491 e. The normalized spacial score (nSPS) is 27.9. The predicted molar refractivity (Wildman–Crippen MR) is 275 cm³/mol. The lowest BCUT2D eigenvalue weighted by Gasteiger charge is -2.46. The number of esters is 3. The molecule has 0 unspecified atom stereocenters. The number of morpholine rings is 1. The fourth-order valence-electron chi connectivity index (χ4n) is 12.7. The van der Waals surface area contributed by atoms with Crippen LogP contribution in [0, 0.1) is 15.4 Å². The number of carbonyl (C=O) groups is 5. The zero-order valence-electron chi connectivity index (χ0n) is 39.9. The highest BCUT2D eigenvalue weighted by Crippen LogP contribution is 2.64. The van der Waals surface area contributed by atoms with Crippen LogP contribution in [0.15, 0.2) is 140 Å². The van der Waals surface area contributed by atoms with Crippen LogP contribution in [0.5, 0.6) is 11.5 Å². The first-order valence-corrected chi connectivity index (χ1v) is 26.0. The van der Waals surface area contributed by atoms with Crippen molar-refractivity contribution in [2.75, 3.05) is 51.4 Å². The molecule has 10 atom stereocenters. The number of aliphatic hydroxyl groups is 1. The van der Waals surface area contributed by atoms with Gasteiger partial charge in [0.25, 0.3) is 0 Å². The molecule has 0 aromatic heterocycles. The Hall–Kier alpha value is -6.76. The summed E-state index contributed by atoms with van der Waals surface area (Å²) < 4.78 is 31.3. The number of hydrogen-bond donors (Lipinski definition) is 2. The molecule has 0 aliphatic carbocycles. The SMILES string of the molecule is C=CCOC(=O)[C@@H]1[C@H]2C(=O)O[C@H](c3ccccc3)[C@H](c3ccccc3)N2[C@H](c2ccc(OCCOC(=O)[C@@H]3C[C@@H]4C(=O)N5CCC[C@H]5C(=O)N4[C@@H]3c3cccc(OCCO)c3)cc2)[C@@]12CNc1ccc(I)cc12. The van der Waals surface area contributed by atoms with Gasteiger partial charge in [-0.1, -0.05) is 97.6 Å². The standard InChI is InChI=1S/C57H55IN4O11/c1-2-26-71-55(67)46-49-56(68)73-50(35-13-7-4-8-14-35)48(34-11-5-3-6-12-34)62(49)51(57(46)33-59-43-23-20-38(58)31-42(43)57)36-18-21-39(22-19-36)70-28-29-72-54(66)41-32-45-52(64)60-24-10-17-44(60)53(65)61(45)47(41)37-15-9-16-40(30-37)69-27-25-63/h2-9,11-16,18-23,30-31,41,44-51,59,63H,1,10,17,24-29,32-33H2/t41-,44+,45-,46+,47-,48+,49+,50-,51-,57-/m1/s1. The van der Waals surface area contributed by atoms with Gasteiger partial charge in [-0.3, -0.25) is 28.9 Å². The Morgan fingerprint density at radius 3 is 2.25 bits per heavy atom. The number of ether oxygens (including phenoxy) is 5. The molecule has 73 heavy (non-hydrogen) atoms. The molecule has 16 heteroatoms. The molecule has 376 valence electrons. The minimum absolute atomic E-state index is 0.00298. The van der Waals surface area contributed by atoms with Crippen molar-refractivity contribution in [2.24, 2.45) is 11.8 Å². The Kier molecular flexibility index (Phi) is 13.5. The summed E-state index contributed by atoms with van der Waals surface area (Å²) in [5, 5.41) is 13.0. The van der Waals surface area contributed by atoms with Crippen molar-refractivity contribution in [1.29, 1.82) is 0 Å². The molecule has 0 radical (unpaired) electrons. The number of hydrogen-bond acceptors (Lipinski definition) is 13. The Balaban J connectivity index is 0.891. The van der Waals surface area contributed by atoms with Crippen LogP contribution in [0.3, 0.4) is 0 Å². The van der Waals surface area contributed by atoms with E-state index in [0.717, 1.165) is 37.9 Å². The first-order valence-electron chi connectivity index (χ1n) is 24.9. The molecule has 0 saturated carbocycles. The molecule has 11 rings (SSSR count). The van der Waals surface area contributed by atoms with Crippen LogP contribution in [0.1, 0.15) is 71.3 Å². The van der Waals surface area contributed by atoms with Crippen LogP contribution < -0.4 is 14.8 Å². The predicted octanol–water partition coefficient (Wildman–Crippen LogP) is 7.02. The Bertz CT molecular complexity index is 2930. The molecule has 6 aliphatic heterocycles. The summed E-state index contributed by atoms with van der Waals surface area (Å²) in [6.07, 6.45) is 2.23. The number of benzene rings is 5. The monoisotopic (exact) mass is 1100 g/mol. The van der Waals surface area contributed by atoms with Crippen LogP contribution in [0.4, 0.5) is 5.69 Å². The van der Waals surface area contributed by atoms with Crippen molar-refractivity contribution in [3.63, 3.8) is 0 Å². The first-order chi connectivity index (χ1) is 35.6. The maximum absolute atomic E-state index is 14.9. The molecule has 2 amide bonds. The Morgan fingerprint density at radius 1 is 0.753 bits per heavy atom. The molecule has 5 saturated heterocycles. The summed E-state index contributed by atoms with van der Waals surface area (Å²) in [4.78, 5) is 77.2. The van der Waals surface area contributed by atoms with Gasteiger partial charge in [-0.2, -0.15) is 0 Å². The quantitative estimate of drug-likeness (QED) is 0.0361. The number of anilines is 1. The highest BCUT2D eigenvalue weighted by Gasteiger charge is 2.71. The van der Waals surface area contributed by atoms with Crippen molar-refractivity contribution in [2.45, 2.75) is 67.0 Å². The van der Waals surface area contributed by atoms with E-state index in [-0.39, 0.29) is 51.3 Å². The van der Waals surface area contributed by atoms with Gasteiger partial charge in [0, 0.05) is 33.8 Å². The zero-order valence-corrected chi connectivity index (χ0v) is 42.1. The van der Waals surface area contributed by atoms with Gasteiger partial charge in [0.15, 0.2) is 0 Å². The van der Waals surface area contributed by atoms with E-state index in [0.29, 0.717) is 36.6 Å².